The van der Waals surface area contributed by atoms with Gasteiger partial charge in [-0.05, 0) is 43.2 Å². The van der Waals surface area contributed by atoms with Crippen LogP contribution < -0.4 is 15.7 Å². The predicted molar refractivity (Wildman–Crippen MR) is 201 cm³/mol. The third-order valence-corrected chi connectivity index (χ3v) is 12.2. The summed E-state index contributed by atoms with van der Waals surface area (Å²) in [5.41, 5.74) is -0.557. The molecule has 0 bridgehead atoms. The molecule has 3 heterocycles. The second-order valence-corrected chi connectivity index (χ2v) is 16.2. The van der Waals surface area contributed by atoms with Gasteiger partial charge < -0.3 is 44.9 Å². The molecule has 3 N–H and O–H groups in total. The molecule has 12 atom stereocenters. The smallest absolute Gasteiger partial charge is 0.281 e. The summed E-state index contributed by atoms with van der Waals surface area (Å²) >= 11 is 0. The van der Waals surface area contributed by atoms with Crippen LogP contribution in [0.2, 0.25) is 0 Å². The van der Waals surface area contributed by atoms with Gasteiger partial charge in [0.25, 0.3) is 5.91 Å². The van der Waals surface area contributed by atoms with E-state index in [2.05, 4.69) is 10.6 Å². The predicted octanol–water partition coefficient (Wildman–Crippen LogP) is 2.74. The van der Waals surface area contributed by atoms with Crippen LogP contribution >= 0.6 is 0 Å². The lowest BCUT2D eigenvalue weighted by atomic mass is 9.86. The Hall–Kier alpha value is -2.68. The number of carbonyl (C=O) groups excluding carboxylic acids is 3. The first-order valence-corrected chi connectivity index (χ1v) is 19.7. The van der Waals surface area contributed by atoms with Gasteiger partial charge in [0.15, 0.2) is 18.0 Å². The van der Waals surface area contributed by atoms with Crippen molar-refractivity contribution < 1.29 is 38.0 Å². The van der Waals surface area contributed by atoms with Crippen LogP contribution in [0.5, 0.6) is 0 Å². The number of likely N-dealkylation sites (N-methyl/N-ethyl adjacent to an activating group) is 1. The lowest BCUT2D eigenvalue weighted by Crippen LogP contribution is -3.15. The maximum atomic E-state index is 15.3. The SMILES string of the molecule is CC[C@H](C)[C@@H]([C@@H](CC(=O)N1CCC[C@H]1[C@H](C)[C@@H](C)C(=O)N[C@@H](Cc1ccccc1)C1OC1OC)OC)N(C)C(=O)[C@H](C(C)C)[NH+]([O-])C[C@]1(F)CCNC1. The number of hydrogen-bond acceptors (Lipinski definition) is 8. The van der Waals surface area contributed by atoms with Gasteiger partial charge in [0.05, 0.1) is 24.6 Å². The van der Waals surface area contributed by atoms with E-state index in [9.17, 15) is 19.6 Å². The zero-order valence-corrected chi connectivity index (χ0v) is 33.4. The molecule has 3 aliphatic rings. The number of methoxy groups -OCH3 is 2. The molecule has 3 aliphatic heterocycles. The van der Waals surface area contributed by atoms with E-state index in [-0.39, 0.29) is 91.8 Å². The molecule has 3 unspecified atom stereocenters. The Morgan fingerprint density at radius 3 is 2.43 bits per heavy atom. The Morgan fingerprint density at radius 1 is 1.17 bits per heavy atom. The molecular weight excluding hydrogens is 681 g/mol. The van der Waals surface area contributed by atoms with Crippen molar-refractivity contribution in [1.29, 1.82) is 0 Å². The minimum Gasteiger partial charge on any atom is -0.634 e. The van der Waals surface area contributed by atoms with E-state index in [1.807, 2.05) is 76.8 Å². The van der Waals surface area contributed by atoms with Gasteiger partial charge >= 0.3 is 0 Å². The summed E-state index contributed by atoms with van der Waals surface area (Å²) in [6, 6.07) is 8.09. The fraction of sp³-hybridized carbons (Fsp3) is 0.775. The van der Waals surface area contributed by atoms with Gasteiger partial charge in [0.1, 0.15) is 12.6 Å². The number of amides is 3. The number of epoxide rings is 1. The molecule has 4 rings (SSSR count). The number of carbonyl (C=O) groups is 3. The molecule has 3 fully saturated rings. The van der Waals surface area contributed by atoms with Crippen molar-refractivity contribution in [2.75, 3.05) is 47.4 Å². The normalized spacial score (nSPS) is 27.4. The molecule has 3 saturated heterocycles. The van der Waals surface area contributed by atoms with Crippen molar-refractivity contribution in [3.05, 3.63) is 41.1 Å². The van der Waals surface area contributed by atoms with E-state index in [0.29, 0.717) is 25.9 Å². The number of quaternary nitrogens is 1. The minimum atomic E-state index is -1.65. The summed E-state index contributed by atoms with van der Waals surface area (Å²) in [7, 11) is 4.82. The first kappa shape index (κ1) is 43.1. The Morgan fingerprint density at radius 2 is 1.87 bits per heavy atom. The van der Waals surface area contributed by atoms with Gasteiger partial charge in [-0.1, -0.05) is 78.3 Å². The summed E-state index contributed by atoms with van der Waals surface area (Å²) in [6.07, 6.45) is 2.01. The largest absolute Gasteiger partial charge is 0.634 e. The number of ether oxygens (including phenoxy) is 3. The molecule has 0 spiro atoms. The standard InChI is InChI=1S/C40H66FN5O7/c1-10-26(4)35(44(7)38(49)34(25(2)3)46(50)24-40(41)18-19-42-23-40)32(51-8)22-33(47)45-20-14-17-31(45)27(5)28(6)37(48)43-30(36-39(52-9)53-36)21-29-15-12-11-13-16-29/h11-13,15-16,25-28,30-32,34-36,39,42,46H,10,14,17-24H2,1-9H3,(H,43,48)/t26-,27+,28+,30-,31-,32+,34-,35-,36?,39?,40-/m0/s1. The summed E-state index contributed by atoms with van der Waals surface area (Å²) in [4.78, 5) is 45.5. The van der Waals surface area contributed by atoms with Gasteiger partial charge in [-0.25, -0.2) is 4.39 Å². The van der Waals surface area contributed by atoms with Crippen molar-refractivity contribution in [1.82, 2.24) is 20.4 Å². The van der Waals surface area contributed by atoms with Crippen LogP contribution in [-0.2, 0) is 35.0 Å². The summed E-state index contributed by atoms with van der Waals surface area (Å²) < 4.78 is 32.5. The number of hydrogen-bond donors (Lipinski definition) is 3. The first-order valence-electron chi connectivity index (χ1n) is 19.7. The fourth-order valence-electron chi connectivity index (χ4n) is 8.56. The topological polar surface area (TPSA) is 140 Å². The van der Waals surface area contributed by atoms with Gasteiger partial charge in [-0.2, -0.15) is 0 Å². The Kier molecular flexibility index (Phi) is 15.6. The lowest BCUT2D eigenvalue weighted by Gasteiger charge is -2.43. The van der Waals surface area contributed by atoms with Crippen LogP contribution in [0.25, 0.3) is 0 Å². The number of hydroxylamine groups is 2. The highest BCUT2D eigenvalue weighted by atomic mass is 19.1. The highest BCUT2D eigenvalue weighted by Gasteiger charge is 2.48. The molecule has 1 aromatic carbocycles. The minimum absolute atomic E-state index is 0.0447. The molecule has 0 aromatic heterocycles. The van der Waals surface area contributed by atoms with Crippen LogP contribution in [0.15, 0.2) is 30.3 Å². The average Bonchev–Trinajstić information content (AvgIpc) is 3.53. The van der Waals surface area contributed by atoms with Gasteiger partial charge in [-0.3, -0.25) is 14.4 Å². The number of nitrogens with zero attached hydrogens (tertiary/aromatic N) is 2. The number of halogens is 1. The zero-order valence-electron chi connectivity index (χ0n) is 33.4. The quantitative estimate of drug-likeness (QED) is 0.137. The van der Waals surface area contributed by atoms with E-state index in [0.717, 1.165) is 18.4 Å². The van der Waals surface area contributed by atoms with Crippen LogP contribution in [-0.4, -0.2) is 123 Å². The van der Waals surface area contributed by atoms with Crippen LogP contribution in [0.4, 0.5) is 4.39 Å². The third kappa shape index (κ3) is 10.8. The number of likely N-dealkylation sites (tertiary alicyclic amines) is 1. The number of nitrogens with one attached hydrogen (secondary N) is 3. The highest BCUT2D eigenvalue weighted by molar-refractivity contribution is 5.82. The third-order valence-electron chi connectivity index (χ3n) is 12.2. The van der Waals surface area contributed by atoms with E-state index in [4.69, 9.17) is 14.2 Å². The molecule has 0 radical (unpaired) electrons. The van der Waals surface area contributed by atoms with Crippen molar-refractivity contribution in [2.45, 2.75) is 128 Å². The van der Waals surface area contributed by atoms with E-state index >= 15 is 4.39 Å². The van der Waals surface area contributed by atoms with E-state index < -0.39 is 28.9 Å². The molecule has 0 aliphatic carbocycles. The van der Waals surface area contributed by atoms with Crippen molar-refractivity contribution in [3.8, 4) is 0 Å². The number of alkyl halides is 1. The van der Waals surface area contributed by atoms with Gasteiger partial charge in [-0.15, -0.1) is 0 Å². The van der Waals surface area contributed by atoms with Crippen LogP contribution in [0, 0.1) is 28.9 Å². The van der Waals surface area contributed by atoms with Crippen molar-refractivity contribution in [3.63, 3.8) is 0 Å². The van der Waals surface area contributed by atoms with Gasteiger partial charge in [0.2, 0.25) is 11.8 Å². The van der Waals surface area contributed by atoms with Crippen molar-refractivity contribution in [2.24, 2.45) is 23.7 Å². The van der Waals surface area contributed by atoms with Crippen LogP contribution in [0.1, 0.15) is 79.2 Å². The first-order chi connectivity index (χ1) is 25.2. The molecule has 3 amide bonds. The van der Waals surface area contributed by atoms with Gasteiger partial charge in [0, 0.05) is 58.7 Å². The Balaban J connectivity index is 1.44. The second kappa shape index (κ2) is 19.3. The van der Waals surface area contributed by atoms with E-state index in [1.54, 1.807) is 26.2 Å². The zero-order chi connectivity index (χ0) is 39.0. The summed E-state index contributed by atoms with van der Waals surface area (Å²) in [6.45, 7) is 12.5. The summed E-state index contributed by atoms with van der Waals surface area (Å²) in [5, 5.41) is 19.3. The Bertz CT molecular complexity index is 1330. The van der Waals surface area contributed by atoms with E-state index in [1.165, 1.54) is 0 Å². The molecule has 300 valence electrons. The molecule has 1 aromatic rings. The highest BCUT2D eigenvalue weighted by Crippen LogP contribution is 2.33. The fourth-order valence-corrected chi connectivity index (χ4v) is 8.56. The maximum Gasteiger partial charge on any atom is 0.281 e. The average molecular weight is 748 g/mol. The van der Waals surface area contributed by atoms with Crippen molar-refractivity contribution >= 4 is 17.7 Å². The Labute approximate surface area is 316 Å². The number of rotatable bonds is 20. The number of benzene rings is 1. The second-order valence-electron chi connectivity index (χ2n) is 16.2. The summed E-state index contributed by atoms with van der Waals surface area (Å²) in [5.74, 6) is -1.43. The molecule has 13 heteroatoms. The maximum absolute atomic E-state index is 15.3. The molecule has 0 saturated carbocycles. The van der Waals surface area contributed by atoms with Crippen LogP contribution in [0.3, 0.4) is 0 Å². The molecule has 53 heavy (non-hydrogen) atoms. The molecule has 12 nitrogen and oxygen atoms in total. The molecular formula is C40H66FN5O7. The monoisotopic (exact) mass is 747 g/mol. The lowest BCUT2D eigenvalue weighted by molar-refractivity contribution is -0.875.